The van der Waals surface area contributed by atoms with Gasteiger partial charge in [0.25, 0.3) is 0 Å². The molecule has 0 atom stereocenters. The van der Waals surface area contributed by atoms with Crippen molar-refractivity contribution in [3.8, 4) is 0 Å². The van der Waals surface area contributed by atoms with Crippen LogP contribution in [-0.4, -0.2) is 32.0 Å². The van der Waals surface area contributed by atoms with Gasteiger partial charge < -0.3 is 0 Å². The van der Waals surface area contributed by atoms with Gasteiger partial charge in [0, 0.05) is 6.54 Å². The number of hydrogen-bond donors (Lipinski definition) is 0. The van der Waals surface area contributed by atoms with Crippen LogP contribution in [0.1, 0.15) is 19.4 Å². The number of alkyl halides is 3. The van der Waals surface area contributed by atoms with Crippen LogP contribution in [0.4, 0.5) is 13.2 Å². The molecule has 0 amide bonds. The molecule has 1 rings (SSSR count). The second kappa shape index (κ2) is 6.13. The zero-order valence-electron chi connectivity index (χ0n) is 11.6. The highest BCUT2D eigenvalue weighted by molar-refractivity contribution is 7.89. The molecular formula is C13H18F3NO2S. The summed E-state index contributed by atoms with van der Waals surface area (Å²) < 4.78 is 62.7. The molecule has 0 spiro atoms. The second-order valence-corrected chi connectivity index (χ2v) is 7.06. The lowest BCUT2D eigenvalue weighted by Crippen LogP contribution is -2.41. The number of nitrogens with zero attached hydrogens (tertiary/aromatic N) is 1. The summed E-state index contributed by atoms with van der Waals surface area (Å²) in [5, 5.41) is 0. The van der Waals surface area contributed by atoms with E-state index in [0.717, 1.165) is 5.56 Å². The third-order valence-corrected chi connectivity index (χ3v) is 4.41. The Kier molecular flexibility index (Phi) is 5.21. The summed E-state index contributed by atoms with van der Waals surface area (Å²) >= 11 is 0. The van der Waals surface area contributed by atoms with Crippen molar-refractivity contribution in [1.82, 2.24) is 4.31 Å². The Morgan fingerprint density at radius 3 is 2.05 bits per heavy atom. The fourth-order valence-corrected chi connectivity index (χ4v) is 3.30. The fourth-order valence-electron chi connectivity index (χ4n) is 1.71. The molecule has 0 aliphatic heterocycles. The number of halogens is 3. The molecule has 3 nitrogen and oxygen atoms in total. The fraction of sp³-hybridized carbons (Fsp3) is 0.538. The Morgan fingerprint density at radius 1 is 1.15 bits per heavy atom. The molecule has 0 aliphatic carbocycles. The molecule has 0 bridgehead atoms. The van der Waals surface area contributed by atoms with Crippen molar-refractivity contribution >= 4 is 10.0 Å². The second-order valence-electron chi connectivity index (χ2n) is 5.12. The average Bonchev–Trinajstić information content (AvgIpc) is 2.26. The minimum Gasteiger partial charge on any atom is -0.207 e. The van der Waals surface area contributed by atoms with Gasteiger partial charge in [0.05, 0.1) is 4.90 Å². The maximum atomic E-state index is 12.6. The zero-order valence-corrected chi connectivity index (χ0v) is 12.4. The van der Waals surface area contributed by atoms with Crippen LogP contribution >= 0.6 is 0 Å². The van der Waals surface area contributed by atoms with Crippen molar-refractivity contribution in [2.45, 2.75) is 31.8 Å². The van der Waals surface area contributed by atoms with E-state index >= 15 is 0 Å². The molecule has 0 aliphatic rings. The zero-order chi connectivity index (χ0) is 15.6. The van der Waals surface area contributed by atoms with Crippen LogP contribution in [0.15, 0.2) is 29.2 Å². The maximum Gasteiger partial charge on any atom is 0.402 e. The van der Waals surface area contributed by atoms with E-state index in [4.69, 9.17) is 0 Å². The number of aryl methyl sites for hydroxylation is 1. The summed E-state index contributed by atoms with van der Waals surface area (Å²) in [5.74, 6) is -0.197. The predicted molar refractivity (Wildman–Crippen MR) is 70.8 cm³/mol. The van der Waals surface area contributed by atoms with Gasteiger partial charge in [-0.2, -0.15) is 17.5 Å². The summed E-state index contributed by atoms with van der Waals surface area (Å²) in [6, 6.07) is 5.78. The van der Waals surface area contributed by atoms with Gasteiger partial charge in [-0.3, -0.25) is 0 Å². The largest absolute Gasteiger partial charge is 0.402 e. The van der Waals surface area contributed by atoms with Crippen LogP contribution in [0.2, 0.25) is 0 Å². The first kappa shape index (κ1) is 17.0. The SMILES string of the molecule is Cc1ccc(S(=O)(=O)N(CC(C)C)CC(F)(F)F)cc1. The highest BCUT2D eigenvalue weighted by atomic mass is 32.2. The van der Waals surface area contributed by atoms with Crippen molar-refractivity contribution in [2.75, 3.05) is 13.1 Å². The molecule has 0 heterocycles. The molecule has 0 radical (unpaired) electrons. The molecule has 0 unspecified atom stereocenters. The molecule has 0 N–H and O–H groups in total. The number of sulfonamides is 1. The molecule has 20 heavy (non-hydrogen) atoms. The smallest absolute Gasteiger partial charge is 0.207 e. The van der Waals surface area contributed by atoms with Crippen LogP contribution in [0.25, 0.3) is 0 Å². The molecule has 1 aromatic carbocycles. The predicted octanol–water partition coefficient (Wildman–Crippen LogP) is 3.20. The van der Waals surface area contributed by atoms with Crippen LogP contribution in [0.5, 0.6) is 0 Å². The molecule has 0 saturated heterocycles. The van der Waals surface area contributed by atoms with Gasteiger partial charge >= 0.3 is 6.18 Å². The molecule has 0 aromatic heterocycles. The van der Waals surface area contributed by atoms with Gasteiger partial charge in [-0.1, -0.05) is 31.5 Å². The van der Waals surface area contributed by atoms with E-state index in [1.165, 1.54) is 12.1 Å². The van der Waals surface area contributed by atoms with E-state index < -0.39 is 22.7 Å². The topological polar surface area (TPSA) is 37.4 Å². The highest BCUT2D eigenvalue weighted by Gasteiger charge is 2.37. The van der Waals surface area contributed by atoms with E-state index in [1.54, 1.807) is 32.9 Å². The molecule has 0 saturated carbocycles. The van der Waals surface area contributed by atoms with Crippen molar-refractivity contribution in [3.05, 3.63) is 29.8 Å². The number of rotatable bonds is 5. The standard InChI is InChI=1S/C13H18F3NO2S/c1-10(2)8-17(9-13(14,15)16)20(18,19)12-6-4-11(3)5-7-12/h4-7,10H,8-9H2,1-3H3. The quantitative estimate of drug-likeness (QED) is 0.837. The minimum atomic E-state index is -4.56. The van der Waals surface area contributed by atoms with E-state index in [1.807, 2.05) is 0 Å². The van der Waals surface area contributed by atoms with E-state index in [0.29, 0.717) is 4.31 Å². The Hall–Kier alpha value is -1.08. The summed E-state index contributed by atoms with van der Waals surface area (Å²) in [7, 11) is -4.13. The van der Waals surface area contributed by atoms with Crippen molar-refractivity contribution in [1.29, 1.82) is 0 Å². The minimum absolute atomic E-state index is 0.118. The van der Waals surface area contributed by atoms with Crippen molar-refractivity contribution < 1.29 is 21.6 Å². The lowest BCUT2D eigenvalue weighted by Gasteiger charge is -2.25. The maximum absolute atomic E-state index is 12.6. The summed E-state index contributed by atoms with van der Waals surface area (Å²) in [4.78, 5) is -0.118. The van der Waals surface area contributed by atoms with E-state index in [-0.39, 0.29) is 17.4 Å². The summed E-state index contributed by atoms with van der Waals surface area (Å²) in [6.45, 7) is 3.48. The van der Waals surface area contributed by atoms with Crippen LogP contribution < -0.4 is 0 Å². The summed E-state index contributed by atoms with van der Waals surface area (Å²) in [6.07, 6.45) is -4.56. The van der Waals surface area contributed by atoms with Gasteiger partial charge in [-0.15, -0.1) is 0 Å². The molecule has 0 fully saturated rings. The van der Waals surface area contributed by atoms with E-state index in [9.17, 15) is 21.6 Å². The van der Waals surface area contributed by atoms with Gasteiger partial charge in [0.15, 0.2) is 0 Å². The average molecular weight is 309 g/mol. The monoisotopic (exact) mass is 309 g/mol. The Balaban J connectivity index is 3.13. The first-order chi connectivity index (χ1) is 9.02. The lowest BCUT2D eigenvalue weighted by molar-refractivity contribution is -0.136. The van der Waals surface area contributed by atoms with Gasteiger partial charge in [-0.25, -0.2) is 8.42 Å². The van der Waals surface area contributed by atoms with Gasteiger partial charge in [0.1, 0.15) is 6.54 Å². The lowest BCUT2D eigenvalue weighted by atomic mass is 10.2. The Bertz CT molecular complexity index is 536. The first-order valence-corrected chi connectivity index (χ1v) is 7.60. The van der Waals surface area contributed by atoms with Crippen molar-refractivity contribution in [2.24, 2.45) is 5.92 Å². The highest BCUT2D eigenvalue weighted by Crippen LogP contribution is 2.23. The number of hydrogen-bond acceptors (Lipinski definition) is 2. The van der Waals surface area contributed by atoms with Crippen LogP contribution in [-0.2, 0) is 10.0 Å². The third kappa shape index (κ3) is 4.79. The Labute approximate surface area is 117 Å². The molecular weight excluding hydrogens is 291 g/mol. The summed E-state index contributed by atoms with van der Waals surface area (Å²) in [5.41, 5.74) is 0.843. The van der Waals surface area contributed by atoms with Gasteiger partial charge in [-0.05, 0) is 25.0 Å². The van der Waals surface area contributed by atoms with Crippen molar-refractivity contribution in [3.63, 3.8) is 0 Å². The molecule has 7 heteroatoms. The molecule has 1 aromatic rings. The van der Waals surface area contributed by atoms with E-state index in [2.05, 4.69) is 0 Å². The van der Waals surface area contributed by atoms with Crippen LogP contribution in [0, 0.1) is 12.8 Å². The Morgan fingerprint density at radius 2 is 1.65 bits per heavy atom. The normalized spacial score (nSPS) is 13.2. The first-order valence-electron chi connectivity index (χ1n) is 6.16. The van der Waals surface area contributed by atoms with Gasteiger partial charge in [0.2, 0.25) is 10.0 Å². The van der Waals surface area contributed by atoms with Crippen LogP contribution in [0.3, 0.4) is 0 Å². The number of benzene rings is 1. The molecule has 114 valence electrons. The third-order valence-electron chi connectivity index (χ3n) is 2.58.